The molecule has 2 aliphatic rings. The van der Waals surface area contributed by atoms with E-state index in [0.717, 1.165) is 44.5 Å². The van der Waals surface area contributed by atoms with Gasteiger partial charge in [-0.25, -0.2) is 5.10 Å². The highest BCUT2D eigenvalue weighted by Gasteiger charge is 2.27. The molecule has 0 bridgehead atoms. The summed E-state index contributed by atoms with van der Waals surface area (Å²) in [5, 5.41) is 9.26. The highest BCUT2D eigenvalue weighted by atomic mass is 16.1. The summed E-state index contributed by atoms with van der Waals surface area (Å²) < 4.78 is 0. The van der Waals surface area contributed by atoms with Crippen molar-refractivity contribution in [2.45, 2.75) is 38.1 Å². The molecule has 1 aliphatic carbocycles. The Morgan fingerprint density at radius 1 is 1.45 bits per heavy atom. The van der Waals surface area contributed by atoms with Gasteiger partial charge in [0.1, 0.15) is 0 Å². The summed E-state index contributed by atoms with van der Waals surface area (Å²) in [4.78, 5) is 25.3. The minimum absolute atomic E-state index is 0.170. The van der Waals surface area contributed by atoms with E-state index < -0.39 is 0 Å². The molecular formula is C14H20N4O2. The van der Waals surface area contributed by atoms with Gasteiger partial charge in [0, 0.05) is 31.6 Å². The molecule has 1 atom stereocenters. The molecule has 2 heterocycles. The second-order valence-electron chi connectivity index (χ2n) is 5.80. The van der Waals surface area contributed by atoms with Gasteiger partial charge in [0.15, 0.2) is 0 Å². The number of amides is 1. The Morgan fingerprint density at radius 3 is 3.05 bits per heavy atom. The highest BCUT2D eigenvalue weighted by molar-refractivity contribution is 5.77. The fraction of sp³-hybridized carbons (Fsp3) is 0.643. The zero-order valence-electron chi connectivity index (χ0n) is 11.5. The monoisotopic (exact) mass is 276 g/mol. The summed E-state index contributed by atoms with van der Waals surface area (Å²) in [5.74, 6) is 0.533. The predicted octanol–water partition coefficient (Wildman–Crippen LogP) is 0.655. The number of hydrogen-bond acceptors (Lipinski definition) is 4. The second-order valence-corrected chi connectivity index (χ2v) is 5.80. The van der Waals surface area contributed by atoms with Crippen LogP contribution in [0.25, 0.3) is 0 Å². The van der Waals surface area contributed by atoms with Gasteiger partial charge < -0.3 is 10.2 Å². The van der Waals surface area contributed by atoms with Crippen molar-refractivity contribution >= 4 is 11.6 Å². The van der Waals surface area contributed by atoms with E-state index >= 15 is 0 Å². The fourth-order valence-electron chi connectivity index (χ4n) is 2.78. The summed E-state index contributed by atoms with van der Waals surface area (Å²) >= 11 is 0. The molecule has 20 heavy (non-hydrogen) atoms. The van der Waals surface area contributed by atoms with Crippen molar-refractivity contribution in [3.63, 3.8) is 0 Å². The minimum Gasteiger partial charge on any atom is -0.370 e. The van der Waals surface area contributed by atoms with Crippen molar-refractivity contribution in [3.05, 3.63) is 22.6 Å². The van der Waals surface area contributed by atoms with Crippen LogP contribution in [0.3, 0.4) is 0 Å². The third-order valence-corrected chi connectivity index (χ3v) is 3.95. The number of aromatic nitrogens is 2. The second kappa shape index (κ2) is 5.64. The quantitative estimate of drug-likeness (QED) is 0.846. The highest BCUT2D eigenvalue weighted by Crippen LogP contribution is 2.24. The van der Waals surface area contributed by atoms with Crippen LogP contribution < -0.4 is 15.8 Å². The van der Waals surface area contributed by atoms with E-state index in [4.69, 9.17) is 0 Å². The first-order valence-corrected chi connectivity index (χ1v) is 7.30. The Balaban J connectivity index is 1.58. The van der Waals surface area contributed by atoms with Crippen LogP contribution in [0, 0.1) is 5.92 Å². The van der Waals surface area contributed by atoms with E-state index in [2.05, 4.69) is 20.4 Å². The normalized spacial score (nSPS) is 22.6. The van der Waals surface area contributed by atoms with Gasteiger partial charge in [-0.05, 0) is 31.6 Å². The summed E-state index contributed by atoms with van der Waals surface area (Å²) in [6, 6.07) is 2.00. The molecule has 6 heteroatoms. The molecule has 0 spiro atoms. The average Bonchev–Trinajstić information content (AvgIpc) is 3.23. The molecule has 1 aromatic heterocycles. The molecule has 1 saturated heterocycles. The summed E-state index contributed by atoms with van der Waals surface area (Å²) in [6.45, 7) is 1.75. The third kappa shape index (κ3) is 3.37. The smallest absolute Gasteiger partial charge is 0.266 e. The number of rotatable bonds is 4. The van der Waals surface area contributed by atoms with Crippen LogP contribution in [0.15, 0.2) is 17.1 Å². The number of carbonyl (C=O) groups is 1. The molecule has 0 radical (unpaired) electrons. The number of hydrogen-bond donors (Lipinski definition) is 2. The Labute approximate surface area is 117 Å². The lowest BCUT2D eigenvalue weighted by Gasteiger charge is -2.33. The largest absolute Gasteiger partial charge is 0.370 e. The van der Waals surface area contributed by atoms with Gasteiger partial charge in [0.25, 0.3) is 5.56 Å². The van der Waals surface area contributed by atoms with E-state index in [1.165, 1.54) is 0 Å². The van der Waals surface area contributed by atoms with Crippen LogP contribution in [0.1, 0.15) is 32.1 Å². The van der Waals surface area contributed by atoms with E-state index in [0.29, 0.717) is 18.4 Å². The van der Waals surface area contributed by atoms with Crippen LogP contribution in [-0.2, 0) is 4.79 Å². The SMILES string of the molecule is O=C(CC1CCCN(c2cn[nH]c(=O)c2)C1)NC1CC1. The maximum Gasteiger partial charge on any atom is 0.266 e. The van der Waals surface area contributed by atoms with Crippen LogP contribution >= 0.6 is 0 Å². The molecule has 108 valence electrons. The summed E-state index contributed by atoms with van der Waals surface area (Å²) in [5.41, 5.74) is 0.664. The van der Waals surface area contributed by atoms with Crippen molar-refractivity contribution in [3.8, 4) is 0 Å². The van der Waals surface area contributed by atoms with Gasteiger partial charge in [-0.2, -0.15) is 5.10 Å². The minimum atomic E-state index is -0.184. The lowest BCUT2D eigenvalue weighted by atomic mass is 9.94. The average molecular weight is 276 g/mol. The van der Waals surface area contributed by atoms with E-state index in [9.17, 15) is 9.59 Å². The van der Waals surface area contributed by atoms with Crippen LogP contribution in [-0.4, -0.2) is 35.2 Å². The van der Waals surface area contributed by atoms with Crippen molar-refractivity contribution in [2.75, 3.05) is 18.0 Å². The van der Waals surface area contributed by atoms with E-state index in [-0.39, 0.29) is 11.5 Å². The Morgan fingerprint density at radius 2 is 2.30 bits per heavy atom. The van der Waals surface area contributed by atoms with Crippen LogP contribution in [0.2, 0.25) is 0 Å². The predicted molar refractivity (Wildman–Crippen MR) is 75.6 cm³/mol. The number of aromatic amines is 1. The maximum absolute atomic E-state index is 11.9. The van der Waals surface area contributed by atoms with Gasteiger partial charge >= 0.3 is 0 Å². The lowest BCUT2D eigenvalue weighted by Crippen LogP contribution is -2.38. The van der Waals surface area contributed by atoms with E-state index in [1.807, 2.05) is 0 Å². The Hall–Kier alpha value is -1.85. The number of piperidine rings is 1. The van der Waals surface area contributed by atoms with Crippen LogP contribution in [0.5, 0.6) is 0 Å². The first kappa shape index (κ1) is 13.1. The number of carbonyl (C=O) groups excluding carboxylic acids is 1. The van der Waals surface area contributed by atoms with Crippen molar-refractivity contribution in [1.29, 1.82) is 0 Å². The molecule has 6 nitrogen and oxygen atoms in total. The molecule has 1 aromatic rings. The van der Waals surface area contributed by atoms with Gasteiger partial charge in [-0.15, -0.1) is 0 Å². The molecule has 1 unspecified atom stereocenters. The molecule has 2 N–H and O–H groups in total. The zero-order chi connectivity index (χ0) is 13.9. The molecular weight excluding hydrogens is 256 g/mol. The number of anilines is 1. The molecule has 1 amide bonds. The molecule has 1 aliphatic heterocycles. The van der Waals surface area contributed by atoms with Crippen molar-refractivity contribution < 1.29 is 4.79 Å². The van der Waals surface area contributed by atoms with Gasteiger partial charge in [-0.1, -0.05) is 0 Å². The Bertz CT molecular complexity index is 538. The lowest BCUT2D eigenvalue weighted by molar-refractivity contribution is -0.122. The molecule has 2 fully saturated rings. The van der Waals surface area contributed by atoms with Gasteiger partial charge in [0.05, 0.1) is 11.9 Å². The summed E-state index contributed by atoms with van der Waals surface area (Å²) in [6.07, 6.45) is 6.64. The van der Waals surface area contributed by atoms with Crippen molar-refractivity contribution in [1.82, 2.24) is 15.5 Å². The third-order valence-electron chi connectivity index (χ3n) is 3.95. The zero-order valence-corrected chi connectivity index (χ0v) is 11.5. The van der Waals surface area contributed by atoms with Gasteiger partial charge in [-0.3, -0.25) is 9.59 Å². The van der Waals surface area contributed by atoms with Crippen LogP contribution in [0.4, 0.5) is 5.69 Å². The molecule has 3 rings (SSSR count). The number of nitrogens with zero attached hydrogens (tertiary/aromatic N) is 2. The fourth-order valence-corrected chi connectivity index (χ4v) is 2.78. The van der Waals surface area contributed by atoms with E-state index in [1.54, 1.807) is 12.3 Å². The summed E-state index contributed by atoms with van der Waals surface area (Å²) in [7, 11) is 0. The van der Waals surface area contributed by atoms with Gasteiger partial charge in [0.2, 0.25) is 5.91 Å². The first-order valence-electron chi connectivity index (χ1n) is 7.30. The maximum atomic E-state index is 11.9. The Kier molecular flexibility index (Phi) is 3.71. The topological polar surface area (TPSA) is 78.1 Å². The standard InChI is InChI=1S/C14H20N4O2/c19-13(16-11-3-4-11)6-10-2-1-5-18(9-10)12-7-14(20)17-15-8-12/h7-8,10-11H,1-6,9H2,(H,16,19)(H,17,20). The number of nitrogens with one attached hydrogen (secondary N) is 2. The first-order chi connectivity index (χ1) is 9.70. The molecule has 0 aromatic carbocycles. The number of H-pyrrole nitrogens is 1. The molecule has 1 saturated carbocycles. The van der Waals surface area contributed by atoms with Crippen molar-refractivity contribution in [2.24, 2.45) is 5.92 Å².